The lowest BCUT2D eigenvalue weighted by atomic mass is 10.1. The Labute approximate surface area is 122 Å². The van der Waals surface area contributed by atoms with Crippen LogP contribution in [-0.2, 0) is 0 Å². The van der Waals surface area contributed by atoms with Gasteiger partial charge in [0, 0.05) is 6.04 Å². The molecule has 108 valence electrons. The van der Waals surface area contributed by atoms with E-state index in [0.717, 1.165) is 5.56 Å². The molecule has 0 heterocycles. The number of hydrogen-bond donors (Lipinski definition) is 2. The highest BCUT2D eigenvalue weighted by atomic mass is 19.1. The van der Waals surface area contributed by atoms with Crippen molar-refractivity contribution in [2.24, 2.45) is 0 Å². The highest BCUT2D eigenvalue weighted by Gasteiger charge is 2.13. The number of hydrogen-bond acceptors (Lipinski definition) is 4. The van der Waals surface area contributed by atoms with Crippen LogP contribution in [0.3, 0.4) is 0 Å². The molecule has 0 aliphatic heterocycles. The van der Waals surface area contributed by atoms with Gasteiger partial charge in [-0.05, 0) is 36.8 Å². The Morgan fingerprint density at radius 1 is 1.33 bits per heavy atom. The van der Waals surface area contributed by atoms with E-state index in [4.69, 9.17) is 10.00 Å². The molecule has 2 N–H and O–H groups in total. The minimum atomic E-state index is -0.557. The molecule has 0 amide bonds. The summed E-state index contributed by atoms with van der Waals surface area (Å²) in [4.78, 5) is 0. The van der Waals surface area contributed by atoms with Crippen molar-refractivity contribution in [3.8, 4) is 17.6 Å². The molecule has 0 radical (unpaired) electrons. The number of nitriles is 1. The first-order valence-electron chi connectivity index (χ1n) is 6.39. The molecule has 0 saturated heterocycles. The molecule has 0 spiro atoms. The van der Waals surface area contributed by atoms with Crippen molar-refractivity contribution in [1.29, 1.82) is 5.26 Å². The zero-order valence-electron chi connectivity index (χ0n) is 11.7. The van der Waals surface area contributed by atoms with E-state index < -0.39 is 5.82 Å². The van der Waals surface area contributed by atoms with E-state index in [1.54, 1.807) is 24.3 Å². The summed E-state index contributed by atoms with van der Waals surface area (Å²) in [5.74, 6) is -0.143. The number of nitrogens with one attached hydrogen (secondary N) is 1. The Morgan fingerprint density at radius 2 is 2.10 bits per heavy atom. The van der Waals surface area contributed by atoms with Gasteiger partial charge in [-0.1, -0.05) is 12.1 Å². The number of benzene rings is 2. The number of phenolic OH excluding ortho intramolecular Hbond substituents is 1. The fourth-order valence-corrected chi connectivity index (χ4v) is 2.04. The predicted molar refractivity (Wildman–Crippen MR) is 77.8 cm³/mol. The second-order valence-corrected chi connectivity index (χ2v) is 4.57. The van der Waals surface area contributed by atoms with Gasteiger partial charge in [-0.3, -0.25) is 0 Å². The number of phenols is 1. The van der Waals surface area contributed by atoms with E-state index in [9.17, 15) is 9.50 Å². The Bertz CT molecular complexity index is 695. The largest absolute Gasteiger partial charge is 0.504 e. The molecule has 5 heteroatoms. The van der Waals surface area contributed by atoms with Crippen molar-refractivity contribution in [2.45, 2.75) is 13.0 Å². The van der Waals surface area contributed by atoms with Gasteiger partial charge in [-0.2, -0.15) is 5.26 Å². The molecular weight excluding hydrogens is 271 g/mol. The molecule has 0 fully saturated rings. The molecule has 0 aromatic heterocycles. The van der Waals surface area contributed by atoms with Crippen LogP contribution in [0, 0.1) is 17.1 Å². The molecule has 2 rings (SSSR count). The van der Waals surface area contributed by atoms with E-state index in [0.29, 0.717) is 11.4 Å². The van der Waals surface area contributed by atoms with E-state index in [2.05, 4.69) is 5.32 Å². The highest BCUT2D eigenvalue weighted by molar-refractivity contribution is 5.59. The topological polar surface area (TPSA) is 65.3 Å². The van der Waals surface area contributed by atoms with Crippen molar-refractivity contribution in [3.63, 3.8) is 0 Å². The molecular formula is C16H15FN2O2. The lowest BCUT2D eigenvalue weighted by Crippen LogP contribution is -2.08. The van der Waals surface area contributed by atoms with Crippen molar-refractivity contribution < 1.29 is 14.2 Å². The van der Waals surface area contributed by atoms with Crippen LogP contribution in [0.2, 0.25) is 0 Å². The predicted octanol–water partition coefficient (Wildman–Crippen LogP) is 3.58. The van der Waals surface area contributed by atoms with Crippen LogP contribution in [0.5, 0.6) is 11.5 Å². The lowest BCUT2D eigenvalue weighted by molar-refractivity contribution is 0.373. The smallest absolute Gasteiger partial charge is 0.160 e. The second-order valence-electron chi connectivity index (χ2n) is 4.57. The second kappa shape index (κ2) is 6.14. The number of nitrogens with zero attached hydrogens (tertiary/aromatic N) is 1. The Balaban J connectivity index is 2.28. The van der Waals surface area contributed by atoms with Crippen LogP contribution < -0.4 is 10.1 Å². The summed E-state index contributed by atoms with van der Waals surface area (Å²) in [7, 11) is 1.47. The van der Waals surface area contributed by atoms with Gasteiger partial charge in [-0.15, -0.1) is 0 Å². The summed E-state index contributed by atoms with van der Waals surface area (Å²) in [6, 6.07) is 11.1. The maximum absolute atomic E-state index is 13.6. The van der Waals surface area contributed by atoms with Crippen LogP contribution >= 0.6 is 0 Å². The minimum absolute atomic E-state index is 0.0184. The van der Waals surface area contributed by atoms with E-state index in [1.165, 1.54) is 19.2 Å². The Morgan fingerprint density at radius 3 is 2.76 bits per heavy atom. The first-order valence-corrected chi connectivity index (χ1v) is 6.39. The summed E-state index contributed by atoms with van der Waals surface area (Å²) in [6.07, 6.45) is 0. The van der Waals surface area contributed by atoms with Gasteiger partial charge in [0.05, 0.1) is 12.8 Å². The van der Waals surface area contributed by atoms with Crippen LogP contribution in [0.25, 0.3) is 0 Å². The minimum Gasteiger partial charge on any atom is -0.504 e. The zero-order chi connectivity index (χ0) is 15.4. The standard InChI is InChI=1S/C16H15FN2O2/c1-10(11-6-7-15(20)16(8-11)21-2)19-14-5-3-4-13(17)12(14)9-18/h3-8,10,19-20H,1-2H3. The monoisotopic (exact) mass is 286 g/mol. The summed E-state index contributed by atoms with van der Waals surface area (Å²) >= 11 is 0. The SMILES string of the molecule is COc1cc(C(C)Nc2cccc(F)c2C#N)ccc1O. The van der Waals surface area contributed by atoms with Crippen molar-refractivity contribution in [2.75, 3.05) is 12.4 Å². The van der Waals surface area contributed by atoms with Gasteiger partial charge < -0.3 is 15.2 Å². The molecule has 0 bridgehead atoms. The molecule has 21 heavy (non-hydrogen) atoms. The number of aromatic hydroxyl groups is 1. The molecule has 1 atom stereocenters. The number of rotatable bonds is 4. The van der Waals surface area contributed by atoms with Crippen molar-refractivity contribution >= 4 is 5.69 Å². The third-order valence-electron chi connectivity index (χ3n) is 3.20. The quantitative estimate of drug-likeness (QED) is 0.901. The highest BCUT2D eigenvalue weighted by Crippen LogP contribution is 2.30. The summed E-state index contributed by atoms with van der Waals surface area (Å²) in [5.41, 5.74) is 1.25. The van der Waals surface area contributed by atoms with Crippen LogP contribution in [0.1, 0.15) is 24.1 Å². The van der Waals surface area contributed by atoms with E-state index >= 15 is 0 Å². The lowest BCUT2D eigenvalue weighted by Gasteiger charge is -2.18. The number of methoxy groups -OCH3 is 1. The Hall–Kier alpha value is -2.74. The maximum Gasteiger partial charge on any atom is 0.160 e. The third kappa shape index (κ3) is 3.06. The Kier molecular flexibility index (Phi) is 4.29. The maximum atomic E-state index is 13.6. The van der Waals surface area contributed by atoms with Crippen molar-refractivity contribution in [3.05, 3.63) is 53.3 Å². The number of ether oxygens (including phenoxy) is 1. The van der Waals surface area contributed by atoms with Gasteiger partial charge in [0.1, 0.15) is 17.4 Å². The summed E-state index contributed by atoms with van der Waals surface area (Å²) in [6.45, 7) is 1.87. The average Bonchev–Trinajstić information content (AvgIpc) is 2.48. The molecule has 0 saturated carbocycles. The molecule has 4 nitrogen and oxygen atoms in total. The molecule has 2 aromatic rings. The van der Waals surface area contributed by atoms with Crippen LogP contribution in [0.4, 0.5) is 10.1 Å². The fraction of sp³-hybridized carbons (Fsp3) is 0.188. The fourth-order valence-electron chi connectivity index (χ4n) is 2.04. The van der Waals surface area contributed by atoms with Crippen molar-refractivity contribution in [1.82, 2.24) is 0 Å². The number of halogens is 1. The van der Waals surface area contributed by atoms with Crippen LogP contribution in [-0.4, -0.2) is 12.2 Å². The summed E-state index contributed by atoms with van der Waals surface area (Å²) in [5, 5.41) is 21.7. The normalized spacial score (nSPS) is 11.5. The number of anilines is 1. The summed E-state index contributed by atoms with van der Waals surface area (Å²) < 4.78 is 18.6. The molecule has 1 unspecified atom stereocenters. The van der Waals surface area contributed by atoms with Gasteiger partial charge in [0.25, 0.3) is 0 Å². The van der Waals surface area contributed by atoms with Gasteiger partial charge in [0.2, 0.25) is 0 Å². The zero-order valence-corrected chi connectivity index (χ0v) is 11.7. The van der Waals surface area contributed by atoms with Gasteiger partial charge in [-0.25, -0.2) is 4.39 Å². The van der Waals surface area contributed by atoms with Gasteiger partial charge >= 0.3 is 0 Å². The molecule has 0 aliphatic rings. The molecule has 0 aliphatic carbocycles. The third-order valence-corrected chi connectivity index (χ3v) is 3.20. The van der Waals surface area contributed by atoms with E-state index in [-0.39, 0.29) is 17.4 Å². The first-order chi connectivity index (χ1) is 10.1. The molecule has 2 aromatic carbocycles. The van der Waals surface area contributed by atoms with Crippen LogP contribution in [0.15, 0.2) is 36.4 Å². The van der Waals surface area contributed by atoms with Gasteiger partial charge in [0.15, 0.2) is 11.5 Å². The average molecular weight is 286 g/mol. The van der Waals surface area contributed by atoms with E-state index in [1.807, 2.05) is 13.0 Å². The first kappa shape index (κ1) is 14.7.